The number of hydrogen-bond acceptors (Lipinski definition) is 5. The molecule has 0 radical (unpaired) electrons. The maximum absolute atomic E-state index is 13.2. The van der Waals surface area contributed by atoms with E-state index in [4.69, 9.17) is 17.2 Å². The van der Waals surface area contributed by atoms with E-state index in [9.17, 15) is 4.79 Å². The van der Waals surface area contributed by atoms with Crippen molar-refractivity contribution in [1.29, 1.82) is 0 Å². The lowest BCUT2D eigenvalue weighted by molar-refractivity contribution is 0.739. The van der Waals surface area contributed by atoms with Crippen LogP contribution in [-0.4, -0.2) is 25.6 Å². The first-order valence-electron chi connectivity index (χ1n) is 10.3. The number of nitrogens with one attached hydrogen (secondary N) is 1. The zero-order valence-corrected chi connectivity index (χ0v) is 18.7. The SMILES string of the molecule is Cc1ccc(-n2c(C)nc3nc(N4c5ccccc5C[C@H]4C)[nH]c(=O)c3c2=S)c(C)c1. The molecule has 7 heteroatoms. The molecule has 0 spiro atoms. The van der Waals surface area contributed by atoms with Gasteiger partial charge >= 0.3 is 0 Å². The number of rotatable bonds is 2. The maximum atomic E-state index is 13.2. The Morgan fingerprint density at radius 1 is 1.06 bits per heavy atom. The topological polar surface area (TPSA) is 66.8 Å². The molecule has 0 aliphatic carbocycles. The third kappa shape index (κ3) is 3.08. The Kier molecular flexibility index (Phi) is 4.51. The number of aryl methyl sites for hydroxylation is 3. The van der Waals surface area contributed by atoms with Crippen LogP contribution in [0, 0.1) is 25.4 Å². The summed E-state index contributed by atoms with van der Waals surface area (Å²) in [6.45, 7) is 8.10. The number of aromatic amines is 1. The lowest BCUT2D eigenvalue weighted by Crippen LogP contribution is -2.28. The summed E-state index contributed by atoms with van der Waals surface area (Å²) >= 11 is 5.76. The smallest absolute Gasteiger partial charge is 0.264 e. The number of para-hydroxylation sites is 1. The molecule has 0 fully saturated rings. The van der Waals surface area contributed by atoms with E-state index in [-0.39, 0.29) is 11.6 Å². The minimum atomic E-state index is -0.271. The molecule has 2 aromatic carbocycles. The van der Waals surface area contributed by atoms with Crippen molar-refractivity contribution in [1.82, 2.24) is 19.5 Å². The van der Waals surface area contributed by atoms with Crippen LogP contribution in [0.2, 0.25) is 0 Å². The Morgan fingerprint density at radius 2 is 1.84 bits per heavy atom. The monoisotopic (exact) mass is 429 g/mol. The van der Waals surface area contributed by atoms with Gasteiger partial charge in [0, 0.05) is 11.7 Å². The van der Waals surface area contributed by atoms with Crippen LogP contribution in [0.5, 0.6) is 0 Å². The van der Waals surface area contributed by atoms with E-state index in [0.29, 0.717) is 27.4 Å². The number of benzene rings is 2. The fourth-order valence-corrected chi connectivity index (χ4v) is 4.94. The van der Waals surface area contributed by atoms with E-state index in [2.05, 4.69) is 46.9 Å². The van der Waals surface area contributed by atoms with Gasteiger partial charge in [-0.1, -0.05) is 48.1 Å². The van der Waals surface area contributed by atoms with Crippen LogP contribution < -0.4 is 10.5 Å². The van der Waals surface area contributed by atoms with Crippen molar-refractivity contribution in [3.05, 3.63) is 80.0 Å². The second-order valence-corrected chi connectivity index (χ2v) is 8.62. The number of hydrogen-bond donors (Lipinski definition) is 1. The molecular weight excluding hydrogens is 406 g/mol. The first-order chi connectivity index (χ1) is 14.8. The quantitative estimate of drug-likeness (QED) is 0.462. The van der Waals surface area contributed by atoms with Crippen molar-refractivity contribution < 1.29 is 0 Å². The van der Waals surface area contributed by atoms with E-state index in [0.717, 1.165) is 23.4 Å². The van der Waals surface area contributed by atoms with E-state index in [1.54, 1.807) is 0 Å². The zero-order chi connectivity index (χ0) is 21.9. The normalized spacial score (nSPS) is 15.5. The van der Waals surface area contributed by atoms with Crippen molar-refractivity contribution in [2.75, 3.05) is 4.90 Å². The predicted octanol–water partition coefficient (Wildman–Crippen LogP) is 4.85. The van der Waals surface area contributed by atoms with Gasteiger partial charge in [-0.25, -0.2) is 4.98 Å². The molecule has 1 N–H and O–H groups in total. The molecule has 1 aliphatic heterocycles. The molecule has 4 aromatic rings. The molecule has 0 unspecified atom stereocenters. The van der Waals surface area contributed by atoms with Gasteiger partial charge in [0.15, 0.2) is 5.65 Å². The Bertz CT molecular complexity index is 1470. The number of fused-ring (bicyclic) bond motifs is 2. The largest absolute Gasteiger partial charge is 0.309 e. The summed E-state index contributed by atoms with van der Waals surface area (Å²) in [6, 6.07) is 14.5. The Hall–Kier alpha value is -3.32. The molecule has 2 aromatic heterocycles. The first-order valence-corrected chi connectivity index (χ1v) is 10.7. The Balaban J connectivity index is 1.73. The fraction of sp³-hybridized carbons (Fsp3) is 0.250. The van der Waals surface area contributed by atoms with Crippen LogP contribution in [0.15, 0.2) is 47.3 Å². The Labute approximate surface area is 185 Å². The highest BCUT2D eigenvalue weighted by Crippen LogP contribution is 2.36. The van der Waals surface area contributed by atoms with E-state index in [1.807, 2.05) is 42.7 Å². The van der Waals surface area contributed by atoms with Crippen LogP contribution in [0.25, 0.3) is 16.7 Å². The molecule has 0 bridgehead atoms. The van der Waals surface area contributed by atoms with Crippen LogP contribution in [0.1, 0.15) is 29.4 Å². The second kappa shape index (κ2) is 7.13. The number of aromatic nitrogens is 4. The molecule has 31 heavy (non-hydrogen) atoms. The van der Waals surface area contributed by atoms with Gasteiger partial charge < -0.3 is 4.90 Å². The molecule has 1 aliphatic rings. The van der Waals surface area contributed by atoms with Gasteiger partial charge in [-0.2, -0.15) is 4.98 Å². The molecule has 5 rings (SSSR count). The van der Waals surface area contributed by atoms with Gasteiger partial charge in [0.05, 0.1) is 5.69 Å². The second-order valence-electron chi connectivity index (χ2n) is 8.23. The first kappa shape index (κ1) is 19.6. The maximum Gasteiger partial charge on any atom is 0.264 e. The van der Waals surface area contributed by atoms with Crippen molar-refractivity contribution >= 4 is 34.9 Å². The van der Waals surface area contributed by atoms with Crippen molar-refractivity contribution in [2.45, 2.75) is 40.2 Å². The lowest BCUT2D eigenvalue weighted by Gasteiger charge is -2.23. The van der Waals surface area contributed by atoms with Gasteiger partial charge in [-0.3, -0.25) is 14.3 Å². The van der Waals surface area contributed by atoms with Gasteiger partial charge in [-0.05, 0) is 57.4 Å². The number of anilines is 2. The number of nitrogens with zero attached hydrogens (tertiary/aromatic N) is 4. The van der Waals surface area contributed by atoms with Crippen molar-refractivity contribution in [2.24, 2.45) is 0 Å². The van der Waals surface area contributed by atoms with Crippen LogP contribution in [0.3, 0.4) is 0 Å². The standard InChI is InChI=1S/C24H23N5OS/c1-13-9-10-18(14(2)11-13)29-16(4)25-21-20(23(29)31)22(30)27-24(26-21)28-15(3)12-17-7-5-6-8-19(17)28/h5-11,15H,12H2,1-4H3,(H,26,27,30)/t15-/m1/s1. The summed E-state index contributed by atoms with van der Waals surface area (Å²) in [5, 5.41) is 0.337. The molecule has 156 valence electrons. The summed E-state index contributed by atoms with van der Waals surface area (Å²) in [7, 11) is 0. The van der Waals surface area contributed by atoms with Gasteiger partial charge in [0.1, 0.15) is 15.9 Å². The van der Waals surface area contributed by atoms with Crippen LogP contribution in [-0.2, 0) is 6.42 Å². The summed E-state index contributed by atoms with van der Waals surface area (Å²) in [6.07, 6.45) is 0.901. The molecular formula is C24H23N5OS. The summed E-state index contributed by atoms with van der Waals surface area (Å²) in [5.41, 5.74) is 5.58. The molecule has 3 heterocycles. The molecule has 0 saturated heterocycles. The Morgan fingerprint density at radius 3 is 2.61 bits per heavy atom. The lowest BCUT2D eigenvalue weighted by atomic mass is 10.1. The van der Waals surface area contributed by atoms with Crippen LogP contribution >= 0.6 is 12.2 Å². The van der Waals surface area contributed by atoms with Gasteiger partial charge in [0.25, 0.3) is 5.56 Å². The molecule has 0 saturated carbocycles. The average Bonchev–Trinajstić information content (AvgIpc) is 3.04. The van der Waals surface area contributed by atoms with Crippen molar-refractivity contribution in [3.63, 3.8) is 0 Å². The van der Waals surface area contributed by atoms with Crippen molar-refractivity contribution in [3.8, 4) is 5.69 Å². The summed E-state index contributed by atoms with van der Waals surface area (Å²) < 4.78 is 2.28. The molecule has 1 atom stereocenters. The minimum absolute atomic E-state index is 0.186. The predicted molar refractivity (Wildman–Crippen MR) is 126 cm³/mol. The summed E-state index contributed by atoms with van der Waals surface area (Å²) in [5.74, 6) is 1.20. The zero-order valence-electron chi connectivity index (χ0n) is 17.9. The van der Waals surface area contributed by atoms with E-state index >= 15 is 0 Å². The van der Waals surface area contributed by atoms with Crippen LogP contribution in [0.4, 0.5) is 11.6 Å². The molecule has 6 nitrogen and oxygen atoms in total. The molecule has 0 amide bonds. The highest BCUT2D eigenvalue weighted by atomic mass is 32.1. The highest BCUT2D eigenvalue weighted by molar-refractivity contribution is 7.71. The van der Waals surface area contributed by atoms with Gasteiger partial charge in [0.2, 0.25) is 5.95 Å². The number of H-pyrrole nitrogens is 1. The third-order valence-corrected chi connectivity index (χ3v) is 6.31. The van der Waals surface area contributed by atoms with Gasteiger partial charge in [-0.15, -0.1) is 0 Å². The summed E-state index contributed by atoms with van der Waals surface area (Å²) in [4.78, 5) is 27.7. The highest BCUT2D eigenvalue weighted by Gasteiger charge is 2.29. The third-order valence-electron chi connectivity index (χ3n) is 5.92. The minimum Gasteiger partial charge on any atom is -0.309 e. The van der Waals surface area contributed by atoms with E-state index in [1.165, 1.54) is 11.1 Å². The average molecular weight is 430 g/mol. The fourth-order valence-electron chi connectivity index (χ4n) is 4.53. The van der Waals surface area contributed by atoms with E-state index < -0.39 is 0 Å².